The van der Waals surface area contributed by atoms with Gasteiger partial charge in [0.1, 0.15) is 0 Å². The third-order valence-corrected chi connectivity index (χ3v) is 13.5. The highest BCUT2D eigenvalue weighted by Crippen LogP contribution is 2.72. The molecule has 0 bridgehead atoms. The van der Waals surface area contributed by atoms with E-state index < -0.39 is 0 Å². The van der Waals surface area contributed by atoms with Crippen LogP contribution in [0.3, 0.4) is 0 Å². The lowest BCUT2D eigenvalue weighted by Gasteiger charge is -2.58. The molecule has 0 unspecified atom stereocenters. The lowest BCUT2D eigenvalue weighted by atomic mass is 9.46. The van der Waals surface area contributed by atoms with Crippen molar-refractivity contribution in [2.24, 2.45) is 75.4 Å². The lowest BCUT2D eigenvalue weighted by Crippen LogP contribution is -2.51. The van der Waals surface area contributed by atoms with E-state index in [9.17, 15) is 5.11 Å². The molecular formula is C30H52O. The van der Waals surface area contributed by atoms with Crippen LogP contribution in [0.4, 0.5) is 0 Å². The molecule has 5 rings (SSSR count). The SMILES string of the molecule is CC(C)[C@@H](C)[C@@]1(C)C[C@@H]1[C@@H](C)[C@H]1CC[C@H]2[C@@H]3CC[C@H]4[C@H](CO)CC[C@]4(C)[C@H]3CC[C@]12C. The second-order valence-electron chi connectivity index (χ2n) is 14.5. The molecule has 0 saturated heterocycles. The highest BCUT2D eigenvalue weighted by Gasteiger charge is 2.64. The van der Waals surface area contributed by atoms with Crippen LogP contribution in [0.5, 0.6) is 0 Å². The highest BCUT2D eigenvalue weighted by atomic mass is 16.3. The second-order valence-corrected chi connectivity index (χ2v) is 14.5. The summed E-state index contributed by atoms with van der Waals surface area (Å²) in [5.74, 6) is 8.84. The van der Waals surface area contributed by atoms with Crippen molar-refractivity contribution < 1.29 is 5.11 Å². The molecule has 31 heavy (non-hydrogen) atoms. The maximum Gasteiger partial charge on any atom is 0.0462 e. The highest BCUT2D eigenvalue weighted by molar-refractivity contribution is 5.13. The Morgan fingerprint density at radius 1 is 0.742 bits per heavy atom. The molecule has 0 aromatic heterocycles. The van der Waals surface area contributed by atoms with E-state index in [1.165, 1.54) is 57.8 Å². The quantitative estimate of drug-likeness (QED) is 0.473. The van der Waals surface area contributed by atoms with Crippen molar-refractivity contribution in [2.75, 3.05) is 6.61 Å². The maximum absolute atomic E-state index is 9.98. The van der Waals surface area contributed by atoms with Crippen molar-refractivity contribution >= 4 is 0 Å². The van der Waals surface area contributed by atoms with Crippen molar-refractivity contribution in [1.29, 1.82) is 0 Å². The molecule has 5 aliphatic rings. The minimum atomic E-state index is 0.438. The van der Waals surface area contributed by atoms with Gasteiger partial charge in [-0.25, -0.2) is 0 Å². The summed E-state index contributed by atoms with van der Waals surface area (Å²) in [5.41, 5.74) is 1.74. The lowest BCUT2D eigenvalue weighted by molar-refractivity contribution is -0.0987. The summed E-state index contributed by atoms with van der Waals surface area (Å²) in [6, 6.07) is 0. The number of aliphatic hydroxyl groups is 1. The van der Waals surface area contributed by atoms with Crippen molar-refractivity contribution in [3.63, 3.8) is 0 Å². The Hall–Kier alpha value is -0.0400. The minimum Gasteiger partial charge on any atom is -0.396 e. The van der Waals surface area contributed by atoms with E-state index in [2.05, 4.69) is 48.5 Å². The standard InChI is InChI=1S/C30H52O/c1-18(2)20(4)30(7)16-27(30)19(3)23-10-11-25-22-8-9-24-21(17-31)12-14-29(24,6)26(22)13-15-28(23,25)5/h18-27,31H,8-17H2,1-7H3/t19-,20+,21-,22-,23+,24-,25-,26-,27+,28+,29-,30+/m0/s1. The van der Waals surface area contributed by atoms with Crippen molar-refractivity contribution in [3.05, 3.63) is 0 Å². The molecule has 1 heteroatoms. The second kappa shape index (κ2) is 7.48. The number of aliphatic hydroxyl groups excluding tert-OH is 1. The van der Waals surface area contributed by atoms with Crippen LogP contribution in [0, 0.1) is 75.4 Å². The average molecular weight is 429 g/mol. The monoisotopic (exact) mass is 428 g/mol. The third kappa shape index (κ3) is 3.10. The van der Waals surface area contributed by atoms with E-state index in [4.69, 9.17) is 0 Å². The molecule has 0 aromatic rings. The fraction of sp³-hybridized carbons (Fsp3) is 1.00. The number of fused-ring (bicyclic) bond motifs is 5. The van der Waals surface area contributed by atoms with Crippen LogP contribution in [0.2, 0.25) is 0 Å². The Morgan fingerprint density at radius 3 is 2.06 bits per heavy atom. The molecule has 5 fully saturated rings. The first-order chi connectivity index (χ1) is 14.6. The summed E-state index contributed by atoms with van der Waals surface area (Å²) in [7, 11) is 0. The van der Waals surface area contributed by atoms with Crippen LogP contribution in [-0.2, 0) is 0 Å². The topological polar surface area (TPSA) is 20.2 Å². The van der Waals surface area contributed by atoms with Gasteiger partial charge in [0.2, 0.25) is 0 Å². The Balaban J connectivity index is 1.33. The molecule has 178 valence electrons. The summed E-state index contributed by atoms with van der Waals surface area (Å²) in [6.07, 6.45) is 13.0. The van der Waals surface area contributed by atoms with Crippen LogP contribution in [0.15, 0.2) is 0 Å². The van der Waals surface area contributed by atoms with Gasteiger partial charge in [0.15, 0.2) is 0 Å². The zero-order chi connectivity index (χ0) is 22.3. The molecule has 0 spiro atoms. The molecule has 0 radical (unpaired) electrons. The molecule has 1 nitrogen and oxygen atoms in total. The molecule has 12 atom stereocenters. The first kappa shape index (κ1) is 22.7. The molecule has 1 N–H and O–H groups in total. The molecule has 5 saturated carbocycles. The molecule has 0 heterocycles. The van der Waals surface area contributed by atoms with Gasteiger partial charge in [-0.3, -0.25) is 0 Å². The van der Waals surface area contributed by atoms with Crippen molar-refractivity contribution in [3.8, 4) is 0 Å². The third-order valence-electron chi connectivity index (χ3n) is 13.5. The van der Waals surface area contributed by atoms with E-state index in [0.29, 0.717) is 28.8 Å². The van der Waals surface area contributed by atoms with Crippen LogP contribution in [0.1, 0.15) is 106 Å². The predicted octanol–water partition coefficient (Wildman–Crippen LogP) is 7.82. The molecule has 5 aliphatic carbocycles. The van der Waals surface area contributed by atoms with Gasteiger partial charge in [-0.1, -0.05) is 48.5 Å². The van der Waals surface area contributed by atoms with Gasteiger partial charge in [0, 0.05) is 6.61 Å². The smallest absolute Gasteiger partial charge is 0.0462 e. The molecule has 0 aliphatic heterocycles. The van der Waals surface area contributed by atoms with Crippen LogP contribution >= 0.6 is 0 Å². The summed E-state index contributed by atoms with van der Waals surface area (Å²) in [6.45, 7) is 18.5. The van der Waals surface area contributed by atoms with Gasteiger partial charge < -0.3 is 5.11 Å². The molecular weight excluding hydrogens is 376 g/mol. The number of hydrogen-bond donors (Lipinski definition) is 1. The van der Waals surface area contributed by atoms with Gasteiger partial charge in [-0.05, 0) is 133 Å². The summed E-state index contributed by atoms with van der Waals surface area (Å²) < 4.78 is 0. The normalized spacial score (nSPS) is 55.5. The van der Waals surface area contributed by atoms with Crippen LogP contribution < -0.4 is 0 Å². The van der Waals surface area contributed by atoms with E-state index in [-0.39, 0.29) is 0 Å². The van der Waals surface area contributed by atoms with Gasteiger partial charge in [0.25, 0.3) is 0 Å². The Morgan fingerprint density at radius 2 is 1.39 bits per heavy atom. The Kier molecular flexibility index (Phi) is 5.49. The first-order valence-electron chi connectivity index (χ1n) is 14.2. The van der Waals surface area contributed by atoms with E-state index in [1.54, 1.807) is 0 Å². The average Bonchev–Trinajstić information content (AvgIpc) is 3.12. The Bertz CT molecular complexity index is 684. The summed E-state index contributed by atoms with van der Waals surface area (Å²) in [5, 5.41) is 9.98. The van der Waals surface area contributed by atoms with Crippen LogP contribution in [-0.4, -0.2) is 11.7 Å². The van der Waals surface area contributed by atoms with E-state index in [0.717, 1.165) is 53.3 Å². The van der Waals surface area contributed by atoms with Crippen molar-refractivity contribution in [2.45, 2.75) is 106 Å². The van der Waals surface area contributed by atoms with Gasteiger partial charge in [-0.15, -0.1) is 0 Å². The molecule has 0 amide bonds. The summed E-state index contributed by atoms with van der Waals surface area (Å²) >= 11 is 0. The largest absolute Gasteiger partial charge is 0.396 e. The van der Waals surface area contributed by atoms with Crippen LogP contribution in [0.25, 0.3) is 0 Å². The number of hydrogen-bond acceptors (Lipinski definition) is 1. The summed E-state index contributed by atoms with van der Waals surface area (Å²) in [4.78, 5) is 0. The maximum atomic E-state index is 9.98. The van der Waals surface area contributed by atoms with E-state index in [1.807, 2.05) is 0 Å². The van der Waals surface area contributed by atoms with Gasteiger partial charge in [0.05, 0.1) is 0 Å². The fourth-order valence-electron chi connectivity index (χ4n) is 11.2. The Labute approximate surface area is 193 Å². The van der Waals surface area contributed by atoms with E-state index >= 15 is 0 Å². The zero-order valence-corrected chi connectivity index (χ0v) is 21.8. The first-order valence-corrected chi connectivity index (χ1v) is 14.2. The van der Waals surface area contributed by atoms with Gasteiger partial charge >= 0.3 is 0 Å². The minimum absolute atomic E-state index is 0.438. The van der Waals surface area contributed by atoms with Crippen molar-refractivity contribution in [1.82, 2.24) is 0 Å². The predicted molar refractivity (Wildman–Crippen MR) is 131 cm³/mol. The molecule has 0 aromatic carbocycles. The fourth-order valence-corrected chi connectivity index (χ4v) is 11.2. The number of rotatable bonds is 5. The zero-order valence-electron chi connectivity index (χ0n) is 21.8. The van der Waals surface area contributed by atoms with Gasteiger partial charge in [-0.2, -0.15) is 0 Å².